The summed E-state index contributed by atoms with van der Waals surface area (Å²) in [5, 5.41) is 7.37. The molecule has 1 saturated heterocycles. The quantitative estimate of drug-likeness (QED) is 0.835. The molecule has 8 nitrogen and oxygen atoms in total. The molecule has 0 unspecified atom stereocenters. The summed E-state index contributed by atoms with van der Waals surface area (Å²) in [6.45, 7) is 3.27. The molecule has 0 bridgehead atoms. The van der Waals surface area contributed by atoms with E-state index in [1.165, 1.54) is 12.4 Å². The van der Waals surface area contributed by atoms with E-state index in [1.807, 2.05) is 11.6 Å². The fourth-order valence-corrected chi connectivity index (χ4v) is 2.02. The maximum absolute atomic E-state index is 11.3. The van der Waals surface area contributed by atoms with Crippen molar-refractivity contribution >= 4 is 17.4 Å². The van der Waals surface area contributed by atoms with Gasteiger partial charge >= 0.3 is 0 Å². The second-order valence-corrected chi connectivity index (χ2v) is 4.52. The van der Waals surface area contributed by atoms with E-state index in [0.717, 1.165) is 11.4 Å². The summed E-state index contributed by atoms with van der Waals surface area (Å²) in [5.74, 6) is -0.300. The lowest BCUT2D eigenvalue weighted by atomic mass is 10.2. The molecule has 0 spiro atoms. The third-order valence-electron chi connectivity index (χ3n) is 3.20. The van der Waals surface area contributed by atoms with Crippen molar-refractivity contribution in [1.29, 1.82) is 0 Å². The summed E-state index contributed by atoms with van der Waals surface area (Å²) in [6.07, 6.45) is 4.61. The number of ether oxygens (including phenoxy) is 1. The van der Waals surface area contributed by atoms with E-state index in [9.17, 15) is 4.79 Å². The molecule has 2 aromatic heterocycles. The first-order valence-electron chi connectivity index (χ1n) is 6.16. The van der Waals surface area contributed by atoms with E-state index in [4.69, 9.17) is 10.5 Å². The van der Waals surface area contributed by atoms with Crippen LogP contribution < -0.4 is 11.1 Å². The number of carbonyl (C=O) groups is 1. The van der Waals surface area contributed by atoms with Crippen molar-refractivity contribution in [2.45, 2.75) is 13.0 Å². The standard InChI is InChI=1S/C12H14N6O2/c1-7-9(4-16-18(7)8-5-20-6-8)17-12-10(11(13)19)14-2-3-15-12/h2-4,8H,5-6H2,1H3,(H2,13,19)(H,15,17). The number of nitrogens with zero attached hydrogens (tertiary/aromatic N) is 4. The molecule has 1 aliphatic rings. The highest BCUT2D eigenvalue weighted by Crippen LogP contribution is 2.25. The number of rotatable bonds is 4. The van der Waals surface area contributed by atoms with Crippen molar-refractivity contribution in [3.8, 4) is 0 Å². The second kappa shape index (κ2) is 4.89. The lowest BCUT2D eigenvalue weighted by molar-refractivity contribution is -0.0294. The van der Waals surface area contributed by atoms with Gasteiger partial charge in [-0.15, -0.1) is 0 Å². The maximum atomic E-state index is 11.3. The average molecular weight is 274 g/mol. The lowest BCUT2D eigenvalue weighted by Gasteiger charge is -2.27. The normalized spacial score (nSPS) is 14.8. The van der Waals surface area contributed by atoms with Crippen molar-refractivity contribution in [3.63, 3.8) is 0 Å². The smallest absolute Gasteiger partial charge is 0.271 e. The number of hydrogen-bond acceptors (Lipinski definition) is 6. The molecule has 3 heterocycles. The van der Waals surface area contributed by atoms with E-state index in [2.05, 4.69) is 20.4 Å². The highest BCUT2D eigenvalue weighted by atomic mass is 16.5. The van der Waals surface area contributed by atoms with Gasteiger partial charge in [0.1, 0.15) is 0 Å². The molecule has 0 aliphatic carbocycles. The van der Waals surface area contributed by atoms with Crippen molar-refractivity contribution in [3.05, 3.63) is 30.0 Å². The number of amides is 1. The van der Waals surface area contributed by atoms with Gasteiger partial charge in [0, 0.05) is 12.4 Å². The largest absolute Gasteiger partial charge is 0.377 e. The SMILES string of the molecule is Cc1c(Nc2nccnc2C(N)=O)cnn1C1COC1. The zero-order chi connectivity index (χ0) is 14.1. The van der Waals surface area contributed by atoms with Crippen LogP contribution in [0, 0.1) is 6.92 Å². The van der Waals surface area contributed by atoms with E-state index in [1.54, 1.807) is 6.20 Å². The van der Waals surface area contributed by atoms with Gasteiger partial charge in [0.15, 0.2) is 11.5 Å². The van der Waals surface area contributed by atoms with Crippen molar-refractivity contribution in [2.24, 2.45) is 5.73 Å². The van der Waals surface area contributed by atoms with Crippen LogP contribution in [-0.2, 0) is 4.74 Å². The zero-order valence-electron chi connectivity index (χ0n) is 10.9. The maximum Gasteiger partial charge on any atom is 0.271 e. The van der Waals surface area contributed by atoms with Crippen LogP contribution in [0.3, 0.4) is 0 Å². The van der Waals surface area contributed by atoms with Crippen LogP contribution in [0.4, 0.5) is 11.5 Å². The second-order valence-electron chi connectivity index (χ2n) is 4.52. The first kappa shape index (κ1) is 12.5. The molecular weight excluding hydrogens is 260 g/mol. The molecule has 20 heavy (non-hydrogen) atoms. The molecule has 2 aromatic rings. The zero-order valence-corrected chi connectivity index (χ0v) is 10.9. The van der Waals surface area contributed by atoms with Crippen molar-refractivity contribution in [1.82, 2.24) is 19.7 Å². The van der Waals surface area contributed by atoms with Gasteiger partial charge in [-0.25, -0.2) is 9.97 Å². The Morgan fingerprint density at radius 2 is 2.20 bits per heavy atom. The third-order valence-corrected chi connectivity index (χ3v) is 3.20. The molecule has 0 atom stereocenters. The van der Waals surface area contributed by atoms with Crippen molar-refractivity contribution in [2.75, 3.05) is 18.5 Å². The molecule has 8 heteroatoms. The monoisotopic (exact) mass is 274 g/mol. The summed E-state index contributed by atoms with van der Waals surface area (Å²) >= 11 is 0. The molecule has 3 rings (SSSR count). The number of aromatic nitrogens is 4. The van der Waals surface area contributed by atoms with Crippen LogP contribution in [0.25, 0.3) is 0 Å². The molecule has 1 fully saturated rings. The Labute approximate surface area is 115 Å². The Bertz CT molecular complexity index is 649. The molecular formula is C12H14N6O2. The Balaban J connectivity index is 1.88. The van der Waals surface area contributed by atoms with Crippen LogP contribution in [0.5, 0.6) is 0 Å². The molecule has 0 radical (unpaired) electrons. The number of hydrogen-bond donors (Lipinski definition) is 2. The van der Waals surface area contributed by atoms with Gasteiger partial charge in [0.25, 0.3) is 5.91 Å². The first-order valence-corrected chi connectivity index (χ1v) is 6.16. The topological polar surface area (TPSA) is 108 Å². The first-order chi connectivity index (χ1) is 9.66. The highest BCUT2D eigenvalue weighted by molar-refractivity contribution is 5.96. The number of primary amides is 1. The van der Waals surface area contributed by atoms with Crippen LogP contribution in [-0.4, -0.2) is 38.9 Å². The van der Waals surface area contributed by atoms with E-state index < -0.39 is 5.91 Å². The molecule has 1 aliphatic heterocycles. The minimum Gasteiger partial charge on any atom is -0.377 e. The lowest BCUT2D eigenvalue weighted by Crippen LogP contribution is -2.32. The molecule has 3 N–H and O–H groups in total. The minimum absolute atomic E-state index is 0.103. The Morgan fingerprint density at radius 3 is 2.85 bits per heavy atom. The predicted octanol–water partition coefficient (Wildman–Crippen LogP) is 0.395. The van der Waals surface area contributed by atoms with Gasteiger partial charge in [0.2, 0.25) is 0 Å². The number of nitrogens with two attached hydrogens (primary N) is 1. The van der Waals surface area contributed by atoms with E-state index in [0.29, 0.717) is 19.0 Å². The Hall–Kier alpha value is -2.48. The third kappa shape index (κ3) is 2.10. The van der Waals surface area contributed by atoms with Crippen LogP contribution in [0.15, 0.2) is 18.6 Å². The van der Waals surface area contributed by atoms with Gasteiger partial charge in [0.05, 0.1) is 36.8 Å². The van der Waals surface area contributed by atoms with E-state index in [-0.39, 0.29) is 11.7 Å². The Morgan fingerprint density at radius 1 is 1.45 bits per heavy atom. The Kier molecular flexibility index (Phi) is 3.07. The summed E-state index contributed by atoms with van der Waals surface area (Å²) in [4.78, 5) is 19.3. The van der Waals surface area contributed by atoms with Gasteiger partial charge in [-0.1, -0.05) is 0 Å². The fraction of sp³-hybridized carbons (Fsp3) is 0.333. The molecule has 0 aromatic carbocycles. The summed E-state index contributed by atoms with van der Waals surface area (Å²) < 4.78 is 7.05. The molecule has 0 saturated carbocycles. The summed E-state index contributed by atoms with van der Waals surface area (Å²) in [5.41, 5.74) is 7.08. The van der Waals surface area contributed by atoms with Crippen LogP contribution in [0.2, 0.25) is 0 Å². The van der Waals surface area contributed by atoms with Gasteiger partial charge in [-0.3, -0.25) is 9.48 Å². The number of carbonyl (C=O) groups excluding carboxylic acids is 1. The fourth-order valence-electron chi connectivity index (χ4n) is 2.02. The van der Waals surface area contributed by atoms with Crippen LogP contribution in [0.1, 0.15) is 22.2 Å². The average Bonchev–Trinajstić information content (AvgIpc) is 2.71. The number of nitrogens with one attached hydrogen (secondary N) is 1. The highest BCUT2D eigenvalue weighted by Gasteiger charge is 2.24. The van der Waals surface area contributed by atoms with Gasteiger partial charge in [-0.05, 0) is 6.92 Å². The number of anilines is 2. The summed E-state index contributed by atoms with van der Waals surface area (Å²) in [7, 11) is 0. The molecule has 1 amide bonds. The van der Waals surface area contributed by atoms with Gasteiger partial charge in [-0.2, -0.15) is 5.10 Å². The molecule has 104 valence electrons. The van der Waals surface area contributed by atoms with Gasteiger partial charge < -0.3 is 15.8 Å². The minimum atomic E-state index is -0.627. The summed E-state index contributed by atoms with van der Waals surface area (Å²) in [6, 6.07) is 0.267. The van der Waals surface area contributed by atoms with E-state index >= 15 is 0 Å². The van der Waals surface area contributed by atoms with Crippen LogP contribution >= 0.6 is 0 Å². The predicted molar refractivity (Wildman–Crippen MR) is 70.7 cm³/mol. The van der Waals surface area contributed by atoms with Crippen molar-refractivity contribution < 1.29 is 9.53 Å².